The molecule has 1 heterocycles. The minimum absolute atomic E-state index is 0.453. The van der Waals surface area contributed by atoms with Crippen LogP contribution in [0.3, 0.4) is 0 Å². The summed E-state index contributed by atoms with van der Waals surface area (Å²) in [6.07, 6.45) is 0. The lowest BCUT2D eigenvalue weighted by Crippen LogP contribution is -1.99. The molecule has 0 unspecified atom stereocenters. The van der Waals surface area contributed by atoms with Gasteiger partial charge in [-0.15, -0.1) is 0 Å². The predicted octanol–water partition coefficient (Wildman–Crippen LogP) is 5.33. The number of benzene rings is 2. The van der Waals surface area contributed by atoms with Crippen molar-refractivity contribution in [1.29, 1.82) is 0 Å². The highest BCUT2D eigenvalue weighted by Gasteiger charge is 2.13. The lowest BCUT2D eigenvalue weighted by atomic mass is 10.0. The molecule has 0 bridgehead atoms. The zero-order valence-corrected chi connectivity index (χ0v) is 15.2. The first-order valence-electron chi connectivity index (χ1n) is 7.61. The van der Waals surface area contributed by atoms with Gasteiger partial charge in [-0.25, -0.2) is 4.98 Å². The van der Waals surface area contributed by atoms with E-state index in [2.05, 4.69) is 34.1 Å². The van der Waals surface area contributed by atoms with Crippen molar-refractivity contribution in [1.82, 2.24) is 4.98 Å². The molecule has 0 N–H and O–H groups in total. The van der Waals surface area contributed by atoms with Gasteiger partial charge in [-0.2, -0.15) is 0 Å². The Kier molecular flexibility index (Phi) is 5.28. The SMILES string of the molecule is COCc1nc(-c2ccccc2)c(Br)cc1-c1ccc(OC)cc1. The summed E-state index contributed by atoms with van der Waals surface area (Å²) in [5, 5.41) is 0. The second-order valence-electron chi connectivity index (χ2n) is 5.34. The molecule has 122 valence electrons. The molecule has 24 heavy (non-hydrogen) atoms. The minimum Gasteiger partial charge on any atom is -0.497 e. The third kappa shape index (κ3) is 3.50. The van der Waals surface area contributed by atoms with Crippen LogP contribution in [-0.4, -0.2) is 19.2 Å². The summed E-state index contributed by atoms with van der Waals surface area (Å²) < 4.78 is 11.6. The van der Waals surface area contributed by atoms with Crippen LogP contribution in [0.15, 0.2) is 65.1 Å². The Hall–Kier alpha value is -2.17. The molecular formula is C20H18BrNO2. The topological polar surface area (TPSA) is 31.4 Å². The maximum atomic E-state index is 5.36. The number of methoxy groups -OCH3 is 2. The van der Waals surface area contributed by atoms with E-state index in [9.17, 15) is 0 Å². The molecule has 0 saturated heterocycles. The van der Waals surface area contributed by atoms with Gasteiger partial charge in [-0.1, -0.05) is 42.5 Å². The molecule has 0 aliphatic heterocycles. The van der Waals surface area contributed by atoms with Gasteiger partial charge in [0.1, 0.15) is 5.75 Å². The number of aromatic nitrogens is 1. The molecule has 0 amide bonds. The first kappa shape index (κ1) is 16.7. The number of halogens is 1. The summed E-state index contributed by atoms with van der Waals surface area (Å²) in [5.41, 5.74) is 5.02. The van der Waals surface area contributed by atoms with Gasteiger partial charge in [0.25, 0.3) is 0 Å². The molecule has 0 fully saturated rings. The van der Waals surface area contributed by atoms with Crippen LogP contribution in [0.25, 0.3) is 22.4 Å². The molecule has 3 rings (SSSR count). The molecular weight excluding hydrogens is 366 g/mol. The van der Waals surface area contributed by atoms with Gasteiger partial charge in [-0.3, -0.25) is 0 Å². The van der Waals surface area contributed by atoms with Gasteiger partial charge in [0, 0.05) is 22.7 Å². The smallest absolute Gasteiger partial charge is 0.118 e. The van der Waals surface area contributed by atoms with Gasteiger partial charge >= 0.3 is 0 Å². The van der Waals surface area contributed by atoms with E-state index in [0.29, 0.717) is 6.61 Å². The van der Waals surface area contributed by atoms with E-state index in [0.717, 1.165) is 38.3 Å². The highest BCUT2D eigenvalue weighted by Crippen LogP contribution is 2.33. The first-order valence-corrected chi connectivity index (χ1v) is 8.40. The maximum absolute atomic E-state index is 5.36. The average molecular weight is 384 g/mol. The van der Waals surface area contributed by atoms with Crippen LogP contribution in [0.1, 0.15) is 5.69 Å². The predicted molar refractivity (Wildman–Crippen MR) is 100 cm³/mol. The van der Waals surface area contributed by atoms with Crippen LogP contribution in [0, 0.1) is 0 Å². The quantitative estimate of drug-likeness (QED) is 0.596. The lowest BCUT2D eigenvalue weighted by molar-refractivity contribution is 0.182. The zero-order chi connectivity index (χ0) is 16.9. The molecule has 3 nitrogen and oxygen atoms in total. The third-order valence-corrected chi connectivity index (χ3v) is 4.39. The van der Waals surface area contributed by atoms with Crippen molar-refractivity contribution in [2.24, 2.45) is 0 Å². The number of rotatable bonds is 5. The van der Waals surface area contributed by atoms with Crippen molar-refractivity contribution in [3.05, 3.63) is 70.8 Å². The second kappa shape index (κ2) is 7.60. The van der Waals surface area contributed by atoms with Crippen LogP contribution in [0.4, 0.5) is 0 Å². The summed E-state index contributed by atoms with van der Waals surface area (Å²) in [6.45, 7) is 0.453. The Morgan fingerprint density at radius 2 is 1.62 bits per heavy atom. The monoisotopic (exact) mass is 383 g/mol. The lowest BCUT2D eigenvalue weighted by Gasteiger charge is -2.13. The Labute approximate surface area is 150 Å². The Bertz CT molecular complexity index is 817. The van der Waals surface area contributed by atoms with Gasteiger partial charge in [0.15, 0.2) is 0 Å². The fourth-order valence-corrected chi connectivity index (χ4v) is 3.14. The van der Waals surface area contributed by atoms with Crippen molar-refractivity contribution in [2.75, 3.05) is 14.2 Å². The highest BCUT2D eigenvalue weighted by atomic mass is 79.9. The molecule has 1 aromatic heterocycles. The summed E-state index contributed by atoms with van der Waals surface area (Å²) in [6, 6.07) is 20.2. The van der Waals surface area contributed by atoms with Crippen molar-refractivity contribution in [3.8, 4) is 28.1 Å². The van der Waals surface area contributed by atoms with Crippen LogP contribution in [-0.2, 0) is 11.3 Å². The van der Waals surface area contributed by atoms with Crippen LogP contribution in [0.5, 0.6) is 5.75 Å². The molecule has 0 aliphatic rings. The van der Waals surface area contributed by atoms with E-state index in [-0.39, 0.29) is 0 Å². The van der Waals surface area contributed by atoms with Gasteiger partial charge < -0.3 is 9.47 Å². The van der Waals surface area contributed by atoms with E-state index >= 15 is 0 Å². The van der Waals surface area contributed by atoms with Crippen molar-refractivity contribution in [2.45, 2.75) is 6.61 Å². The van der Waals surface area contributed by atoms with Crippen LogP contribution >= 0.6 is 15.9 Å². The second-order valence-corrected chi connectivity index (χ2v) is 6.19. The molecule has 0 saturated carbocycles. The van der Waals surface area contributed by atoms with Gasteiger partial charge in [0.2, 0.25) is 0 Å². The van der Waals surface area contributed by atoms with Crippen molar-refractivity contribution < 1.29 is 9.47 Å². The van der Waals surface area contributed by atoms with Gasteiger partial charge in [-0.05, 0) is 39.7 Å². The molecule has 0 atom stereocenters. The fourth-order valence-electron chi connectivity index (χ4n) is 2.59. The molecule has 3 aromatic rings. The number of nitrogens with zero attached hydrogens (tertiary/aromatic N) is 1. The fraction of sp³-hybridized carbons (Fsp3) is 0.150. The molecule has 4 heteroatoms. The van der Waals surface area contributed by atoms with Crippen molar-refractivity contribution >= 4 is 15.9 Å². The van der Waals surface area contributed by atoms with E-state index in [1.165, 1.54) is 0 Å². The standard InChI is InChI=1S/C20H18BrNO2/c1-23-13-19-17(14-8-10-16(24-2)11-9-14)12-18(21)20(22-19)15-6-4-3-5-7-15/h3-12H,13H2,1-2H3. The number of hydrogen-bond donors (Lipinski definition) is 0. The van der Waals surface area contributed by atoms with Crippen LogP contribution in [0.2, 0.25) is 0 Å². The minimum atomic E-state index is 0.453. The number of hydrogen-bond acceptors (Lipinski definition) is 3. The zero-order valence-electron chi connectivity index (χ0n) is 13.6. The number of ether oxygens (including phenoxy) is 2. The van der Waals surface area contributed by atoms with Gasteiger partial charge in [0.05, 0.1) is 25.1 Å². The third-order valence-electron chi connectivity index (χ3n) is 3.78. The van der Waals surface area contributed by atoms with E-state index in [4.69, 9.17) is 14.5 Å². The summed E-state index contributed by atoms with van der Waals surface area (Å²) in [7, 11) is 3.35. The largest absolute Gasteiger partial charge is 0.497 e. The Morgan fingerprint density at radius 3 is 2.25 bits per heavy atom. The summed E-state index contributed by atoms with van der Waals surface area (Å²) in [5.74, 6) is 0.833. The molecule has 0 spiro atoms. The Balaban J connectivity index is 2.10. The van der Waals surface area contributed by atoms with E-state index < -0.39 is 0 Å². The van der Waals surface area contributed by atoms with E-state index in [1.54, 1.807) is 14.2 Å². The van der Waals surface area contributed by atoms with Crippen molar-refractivity contribution in [3.63, 3.8) is 0 Å². The summed E-state index contributed by atoms with van der Waals surface area (Å²) in [4.78, 5) is 4.85. The summed E-state index contributed by atoms with van der Waals surface area (Å²) >= 11 is 3.67. The average Bonchev–Trinajstić information content (AvgIpc) is 2.64. The first-order chi connectivity index (χ1) is 11.7. The molecule has 0 aliphatic carbocycles. The highest BCUT2D eigenvalue weighted by molar-refractivity contribution is 9.10. The number of pyridine rings is 1. The maximum Gasteiger partial charge on any atom is 0.118 e. The molecule has 0 radical (unpaired) electrons. The normalized spacial score (nSPS) is 10.6. The van der Waals surface area contributed by atoms with E-state index in [1.807, 2.05) is 42.5 Å². The Morgan fingerprint density at radius 1 is 0.917 bits per heavy atom. The van der Waals surface area contributed by atoms with Crippen LogP contribution < -0.4 is 4.74 Å². The molecule has 2 aromatic carbocycles.